The molecule has 4 aliphatic rings. The highest BCUT2D eigenvalue weighted by Crippen LogP contribution is 2.45. The van der Waals surface area contributed by atoms with Gasteiger partial charge in [0.15, 0.2) is 5.69 Å². The number of nitrogens with zero attached hydrogens (tertiary/aromatic N) is 5. The van der Waals surface area contributed by atoms with E-state index >= 15 is 0 Å². The van der Waals surface area contributed by atoms with Crippen molar-refractivity contribution >= 4 is 52.7 Å². The van der Waals surface area contributed by atoms with E-state index in [0.29, 0.717) is 11.3 Å². The van der Waals surface area contributed by atoms with Crippen LogP contribution in [0, 0.1) is 0 Å². The second-order valence-electron chi connectivity index (χ2n) is 12.0. The first-order valence-electron chi connectivity index (χ1n) is 15.5. The first kappa shape index (κ1) is 33.8. The summed E-state index contributed by atoms with van der Waals surface area (Å²) in [6, 6.07) is 13.2. The van der Waals surface area contributed by atoms with Crippen LogP contribution in [0.3, 0.4) is 0 Å². The molecule has 3 aromatic rings. The number of pyridine rings is 1. The summed E-state index contributed by atoms with van der Waals surface area (Å²) in [4.78, 5) is 53.9. The second kappa shape index (κ2) is 12.9. The monoisotopic (exact) mass is 727 g/mol. The topological polar surface area (TPSA) is 140 Å². The lowest BCUT2D eigenvalue weighted by molar-refractivity contribution is -0.137. The van der Waals surface area contributed by atoms with Crippen molar-refractivity contribution in [2.45, 2.75) is 35.7 Å². The van der Waals surface area contributed by atoms with Gasteiger partial charge in [0.05, 0.1) is 34.2 Å². The van der Waals surface area contributed by atoms with Crippen molar-refractivity contribution in [2.75, 3.05) is 37.8 Å². The van der Waals surface area contributed by atoms with Gasteiger partial charge in [0, 0.05) is 24.2 Å². The number of anilines is 1. The van der Waals surface area contributed by atoms with Crippen LogP contribution in [0.5, 0.6) is 5.75 Å². The van der Waals surface area contributed by atoms with Crippen molar-refractivity contribution in [3.63, 3.8) is 0 Å². The minimum Gasteiger partial charge on any atom is -0.505 e. The number of halogens is 4. The van der Waals surface area contributed by atoms with E-state index in [1.807, 2.05) is 30.5 Å². The minimum absolute atomic E-state index is 0.0165. The number of aromatic hydroxyl groups is 1. The average molecular weight is 728 g/mol. The van der Waals surface area contributed by atoms with Crippen LogP contribution in [0.2, 0.25) is 5.02 Å². The van der Waals surface area contributed by atoms with Crippen LogP contribution in [0.4, 0.5) is 18.9 Å². The van der Waals surface area contributed by atoms with Gasteiger partial charge >= 0.3 is 6.18 Å². The van der Waals surface area contributed by atoms with E-state index in [2.05, 4.69) is 15.7 Å². The van der Waals surface area contributed by atoms with Gasteiger partial charge in [-0.15, -0.1) is 11.8 Å². The summed E-state index contributed by atoms with van der Waals surface area (Å²) in [6.07, 6.45) is -1.41. The summed E-state index contributed by atoms with van der Waals surface area (Å²) < 4.78 is 45.9. The number of aromatic nitrogens is 1. The van der Waals surface area contributed by atoms with Crippen molar-refractivity contribution in [1.82, 2.24) is 25.2 Å². The maximum Gasteiger partial charge on any atom is 0.416 e. The van der Waals surface area contributed by atoms with E-state index in [1.54, 1.807) is 16.7 Å². The first-order chi connectivity index (χ1) is 23.9. The number of benzene rings is 2. The molecule has 0 aliphatic carbocycles. The molecule has 1 spiro atoms. The van der Waals surface area contributed by atoms with E-state index in [0.717, 1.165) is 28.7 Å². The number of likely N-dealkylation sites (tertiary alicyclic amines) is 1. The molecule has 1 atom stereocenters. The molecule has 3 N–H and O–H groups in total. The Kier molecular flexibility index (Phi) is 8.74. The van der Waals surface area contributed by atoms with E-state index in [-0.39, 0.29) is 67.2 Å². The number of thioether (sulfide) groups is 1. The molecule has 1 unspecified atom stereocenters. The first-order valence-corrected chi connectivity index (χ1v) is 17.1. The van der Waals surface area contributed by atoms with E-state index < -0.39 is 41.2 Å². The molecule has 3 amide bonds. The van der Waals surface area contributed by atoms with Gasteiger partial charge in [-0.1, -0.05) is 23.7 Å². The summed E-state index contributed by atoms with van der Waals surface area (Å²) in [6.45, 7) is -0.0128. The Morgan fingerprint density at radius 3 is 2.56 bits per heavy atom. The number of hydrogen-bond donors (Lipinski definition) is 3. The maximum atomic E-state index is 14.3. The summed E-state index contributed by atoms with van der Waals surface area (Å²) in [7, 11) is 0. The number of aliphatic imine (C=N–C) groups is 1. The van der Waals surface area contributed by atoms with Gasteiger partial charge in [-0.2, -0.15) is 18.6 Å². The minimum atomic E-state index is -4.61. The molecule has 0 radical (unpaired) electrons. The lowest BCUT2D eigenvalue weighted by Crippen LogP contribution is -2.58. The molecule has 17 heteroatoms. The van der Waals surface area contributed by atoms with Crippen LogP contribution in [-0.2, 0) is 20.5 Å². The number of carbonyl (C=O) groups excluding carboxylic acids is 3. The molecule has 1 saturated heterocycles. The zero-order valence-corrected chi connectivity index (χ0v) is 27.9. The van der Waals surface area contributed by atoms with Crippen molar-refractivity contribution in [3.8, 4) is 5.75 Å². The molecule has 1 aromatic heterocycles. The number of ether oxygens (including phenoxy) is 1. The maximum absolute atomic E-state index is 14.3. The molecule has 12 nitrogen and oxygen atoms in total. The van der Waals surface area contributed by atoms with E-state index in [1.165, 1.54) is 28.2 Å². The van der Waals surface area contributed by atoms with Crippen molar-refractivity contribution in [2.24, 2.45) is 4.99 Å². The molecule has 0 saturated carbocycles. The molecule has 50 heavy (non-hydrogen) atoms. The number of hydrogen-bond acceptors (Lipinski definition) is 10. The third-order valence-corrected chi connectivity index (χ3v) is 10.1. The third-order valence-electron chi connectivity index (χ3n) is 9.06. The lowest BCUT2D eigenvalue weighted by Gasteiger charge is -2.42. The number of alkyl halides is 3. The fourth-order valence-corrected chi connectivity index (χ4v) is 7.14. The van der Waals surface area contributed by atoms with Gasteiger partial charge in [0.2, 0.25) is 11.9 Å². The quantitative estimate of drug-likeness (QED) is 0.306. The molecule has 4 aliphatic heterocycles. The van der Waals surface area contributed by atoms with Gasteiger partial charge in [-0.3, -0.25) is 14.4 Å². The fraction of sp³-hybridized carbons (Fsp3) is 0.303. The predicted molar refractivity (Wildman–Crippen MR) is 177 cm³/mol. The zero-order valence-electron chi connectivity index (χ0n) is 26.3. The molecule has 5 heterocycles. The molecular formula is C33H29ClF3N7O5S. The van der Waals surface area contributed by atoms with Gasteiger partial charge in [0.25, 0.3) is 11.8 Å². The van der Waals surface area contributed by atoms with Crippen LogP contribution in [0.25, 0.3) is 0 Å². The standard InChI is InChI=1S/C33H29ClF3N7O5S/c1-50-20-7-4-18(5-8-20)28-40-31-43(16-25(46)39-22-9-6-19(15-21(22)34)33(35,36)37)23-17-49-32(26(23)29(47)44(31)41-28)10-13-42(14-11-32)30(48)27-24(45)3-2-12-38-27/h2-9,12,15,28,41,45H,10-11,13-14,16-17H2,1H3,(H,39,46). The van der Waals surface area contributed by atoms with Crippen LogP contribution >= 0.6 is 23.4 Å². The highest BCUT2D eigenvalue weighted by molar-refractivity contribution is 7.98. The van der Waals surface area contributed by atoms with E-state index in [4.69, 9.17) is 21.3 Å². The lowest BCUT2D eigenvalue weighted by atomic mass is 9.82. The molecule has 260 valence electrons. The SMILES string of the molecule is CSc1ccc(C2N=C3N(CC(=O)Nc4ccc(C(F)(F)F)cc4Cl)C4=C(C(=O)N3N2)C2(CCN(C(=O)c3ncccc3O)CC2)OC4)cc1. The average Bonchev–Trinajstić information content (AvgIpc) is 3.71. The Morgan fingerprint density at radius 2 is 1.90 bits per heavy atom. The molecule has 7 rings (SSSR count). The number of carbonyl (C=O) groups is 3. The predicted octanol–water partition coefficient (Wildman–Crippen LogP) is 4.80. The van der Waals surface area contributed by atoms with Gasteiger partial charge in [-0.05, 0) is 67.1 Å². The van der Waals surface area contributed by atoms with Crippen LogP contribution < -0.4 is 10.7 Å². The van der Waals surface area contributed by atoms with Crippen molar-refractivity contribution < 1.29 is 37.4 Å². The zero-order chi connectivity index (χ0) is 35.4. The fourth-order valence-electron chi connectivity index (χ4n) is 6.50. The van der Waals surface area contributed by atoms with Gasteiger partial charge in [0.1, 0.15) is 24.1 Å². The molecule has 1 fully saturated rings. The number of rotatable bonds is 6. The van der Waals surface area contributed by atoms with Crippen LogP contribution in [0.1, 0.15) is 40.6 Å². The summed E-state index contributed by atoms with van der Waals surface area (Å²) in [5, 5.41) is 13.7. The Hall–Kier alpha value is -4.64. The number of piperidine rings is 1. The molecular weight excluding hydrogens is 699 g/mol. The number of hydrazine groups is 1. The summed E-state index contributed by atoms with van der Waals surface area (Å²) in [5.74, 6) is -1.58. The van der Waals surface area contributed by atoms with Crippen LogP contribution in [0.15, 0.2) is 82.0 Å². The van der Waals surface area contributed by atoms with E-state index in [9.17, 15) is 32.7 Å². The van der Waals surface area contributed by atoms with Crippen molar-refractivity contribution in [3.05, 3.63) is 93.9 Å². The Labute approximate surface area is 292 Å². The molecule has 2 aromatic carbocycles. The Morgan fingerprint density at radius 1 is 1.16 bits per heavy atom. The third kappa shape index (κ3) is 6.05. The highest BCUT2D eigenvalue weighted by Gasteiger charge is 2.55. The highest BCUT2D eigenvalue weighted by atomic mass is 35.5. The number of fused-ring (bicyclic) bond motifs is 2. The Bertz CT molecular complexity index is 1950. The van der Waals surface area contributed by atoms with Crippen LogP contribution in [-0.4, -0.2) is 86.7 Å². The summed E-state index contributed by atoms with van der Waals surface area (Å²) in [5.41, 5.74) is 2.52. The number of guanidine groups is 1. The number of nitrogens with one attached hydrogen (secondary N) is 2. The normalized spacial score (nSPS) is 19.9. The smallest absolute Gasteiger partial charge is 0.416 e. The molecule has 0 bridgehead atoms. The number of amides is 3. The summed E-state index contributed by atoms with van der Waals surface area (Å²) >= 11 is 7.69. The van der Waals surface area contributed by atoms with Gasteiger partial charge in [-0.25, -0.2) is 15.0 Å². The second-order valence-corrected chi connectivity index (χ2v) is 13.3. The Balaban J connectivity index is 1.18. The largest absolute Gasteiger partial charge is 0.505 e. The van der Waals surface area contributed by atoms with Gasteiger partial charge < -0.3 is 25.0 Å². The van der Waals surface area contributed by atoms with Crippen molar-refractivity contribution in [1.29, 1.82) is 0 Å².